The minimum absolute atomic E-state index is 0.0672. The first-order valence-electron chi connectivity index (χ1n) is 7.58. The number of methoxy groups -OCH3 is 1. The molecular weight excluding hydrogens is 360 g/mol. The van der Waals surface area contributed by atoms with Crippen LogP contribution in [0, 0.1) is 0 Å². The maximum atomic E-state index is 12.5. The molecular formula is C16H16N4O5S. The highest BCUT2D eigenvalue weighted by Gasteiger charge is 2.19. The van der Waals surface area contributed by atoms with Crippen LogP contribution in [0.3, 0.4) is 0 Å². The van der Waals surface area contributed by atoms with Gasteiger partial charge in [-0.2, -0.15) is 5.10 Å². The Hall–Kier alpha value is -2.82. The Morgan fingerprint density at radius 2 is 2.15 bits per heavy atom. The number of rotatable bonds is 7. The number of hydrogen-bond acceptors (Lipinski definition) is 6. The largest absolute Gasteiger partial charge is 0.478 e. The van der Waals surface area contributed by atoms with Gasteiger partial charge in [0.05, 0.1) is 29.0 Å². The second-order valence-corrected chi connectivity index (χ2v) is 7.15. The van der Waals surface area contributed by atoms with Gasteiger partial charge in [0.15, 0.2) is 5.65 Å². The van der Waals surface area contributed by atoms with Crippen LogP contribution in [0.4, 0.5) is 0 Å². The van der Waals surface area contributed by atoms with Crippen LogP contribution in [0.5, 0.6) is 0 Å². The number of carbonyl (C=O) groups is 1. The number of hydrogen-bond donors (Lipinski definition) is 2. The van der Waals surface area contributed by atoms with Crippen molar-refractivity contribution in [3.05, 3.63) is 48.3 Å². The summed E-state index contributed by atoms with van der Waals surface area (Å²) in [5.74, 6) is -1.25. The Labute approximate surface area is 149 Å². The van der Waals surface area contributed by atoms with Gasteiger partial charge >= 0.3 is 5.97 Å². The molecule has 2 N–H and O–H groups in total. The van der Waals surface area contributed by atoms with Crippen LogP contribution in [0.25, 0.3) is 16.7 Å². The third-order valence-electron chi connectivity index (χ3n) is 3.62. The molecule has 0 amide bonds. The summed E-state index contributed by atoms with van der Waals surface area (Å²) in [6.07, 6.45) is 3.15. The maximum Gasteiger partial charge on any atom is 0.335 e. The van der Waals surface area contributed by atoms with E-state index in [0.29, 0.717) is 5.65 Å². The van der Waals surface area contributed by atoms with Gasteiger partial charge in [0.2, 0.25) is 10.0 Å². The summed E-state index contributed by atoms with van der Waals surface area (Å²) in [5.41, 5.74) is 0.602. The fourth-order valence-corrected chi connectivity index (χ4v) is 3.47. The van der Waals surface area contributed by atoms with Gasteiger partial charge in [0.25, 0.3) is 0 Å². The number of fused-ring (bicyclic) bond motifs is 1. The van der Waals surface area contributed by atoms with Crippen molar-refractivity contribution in [2.45, 2.75) is 4.90 Å². The summed E-state index contributed by atoms with van der Waals surface area (Å²) in [6.45, 7) is 0.260. The summed E-state index contributed by atoms with van der Waals surface area (Å²) in [4.78, 5) is 15.5. The van der Waals surface area contributed by atoms with Crippen molar-refractivity contribution in [2.75, 3.05) is 20.3 Å². The van der Waals surface area contributed by atoms with Crippen LogP contribution in [-0.2, 0) is 14.8 Å². The molecule has 0 saturated carbocycles. The zero-order chi connectivity index (χ0) is 18.7. The van der Waals surface area contributed by atoms with E-state index in [4.69, 9.17) is 4.74 Å². The quantitative estimate of drug-likeness (QED) is 0.591. The maximum absolute atomic E-state index is 12.5. The summed E-state index contributed by atoms with van der Waals surface area (Å²) < 4.78 is 33.5. The Bertz CT molecular complexity index is 1060. The predicted octanol–water partition coefficient (Wildman–Crippen LogP) is 1.04. The van der Waals surface area contributed by atoms with Crippen molar-refractivity contribution in [1.29, 1.82) is 0 Å². The molecule has 0 radical (unpaired) electrons. The van der Waals surface area contributed by atoms with Gasteiger partial charge in [-0.05, 0) is 30.3 Å². The summed E-state index contributed by atoms with van der Waals surface area (Å²) in [7, 11) is -2.46. The number of carboxylic acid groups (broad SMARTS) is 1. The van der Waals surface area contributed by atoms with E-state index in [1.807, 2.05) is 0 Å². The highest BCUT2D eigenvalue weighted by molar-refractivity contribution is 7.89. The molecule has 26 heavy (non-hydrogen) atoms. The molecule has 2 heterocycles. The van der Waals surface area contributed by atoms with E-state index in [9.17, 15) is 18.3 Å². The van der Waals surface area contributed by atoms with Gasteiger partial charge in [0, 0.05) is 25.2 Å². The molecule has 3 aromatic rings. The molecule has 0 unspecified atom stereocenters. The number of carboxylic acids is 1. The SMILES string of the molecule is COCCNS(=O)(=O)c1cc(C(=O)O)cc(-n2ncc3cccnc32)c1. The molecule has 0 aliphatic carbocycles. The average molecular weight is 376 g/mol. The van der Waals surface area contributed by atoms with Gasteiger partial charge in [-0.25, -0.2) is 27.6 Å². The number of nitrogens with one attached hydrogen (secondary N) is 1. The highest BCUT2D eigenvalue weighted by Crippen LogP contribution is 2.21. The summed E-state index contributed by atoms with van der Waals surface area (Å²) >= 11 is 0. The van der Waals surface area contributed by atoms with Gasteiger partial charge in [-0.15, -0.1) is 0 Å². The number of aromatic carboxylic acids is 1. The lowest BCUT2D eigenvalue weighted by Gasteiger charge is -2.10. The molecule has 136 valence electrons. The minimum atomic E-state index is -3.91. The third-order valence-corrected chi connectivity index (χ3v) is 5.06. The lowest BCUT2D eigenvalue weighted by atomic mass is 10.2. The smallest absolute Gasteiger partial charge is 0.335 e. The summed E-state index contributed by atoms with van der Waals surface area (Å²) in [5, 5.41) is 14.3. The van der Waals surface area contributed by atoms with E-state index in [1.165, 1.54) is 23.9 Å². The standard InChI is InChI=1S/C16H16N4O5S/c1-25-6-5-19-26(23,24)14-8-12(16(21)22)7-13(9-14)20-15-11(10-18-20)3-2-4-17-15/h2-4,7-10,19H,5-6H2,1H3,(H,21,22). The van der Waals surface area contributed by atoms with Crippen LogP contribution in [0.15, 0.2) is 47.6 Å². The fourth-order valence-electron chi connectivity index (χ4n) is 2.40. The number of sulfonamides is 1. The van der Waals surface area contributed by atoms with E-state index in [2.05, 4.69) is 14.8 Å². The lowest BCUT2D eigenvalue weighted by molar-refractivity contribution is 0.0696. The minimum Gasteiger partial charge on any atom is -0.478 e. The second-order valence-electron chi connectivity index (χ2n) is 5.38. The molecule has 0 atom stereocenters. The number of benzene rings is 1. The lowest BCUT2D eigenvalue weighted by Crippen LogP contribution is -2.27. The van der Waals surface area contributed by atoms with E-state index < -0.39 is 16.0 Å². The molecule has 3 rings (SSSR count). The number of nitrogens with zero attached hydrogens (tertiary/aromatic N) is 3. The zero-order valence-corrected chi connectivity index (χ0v) is 14.6. The van der Waals surface area contributed by atoms with Crippen LogP contribution in [0.1, 0.15) is 10.4 Å². The molecule has 0 aliphatic rings. The fraction of sp³-hybridized carbons (Fsp3) is 0.188. The molecule has 0 saturated heterocycles. The average Bonchev–Trinajstić information content (AvgIpc) is 3.05. The normalized spacial score (nSPS) is 11.7. The Morgan fingerprint density at radius 1 is 1.35 bits per heavy atom. The summed E-state index contributed by atoms with van der Waals surface area (Å²) in [6, 6.07) is 7.34. The van der Waals surface area contributed by atoms with Crippen molar-refractivity contribution < 1.29 is 23.1 Å². The van der Waals surface area contributed by atoms with Crippen molar-refractivity contribution in [1.82, 2.24) is 19.5 Å². The van der Waals surface area contributed by atoms with Crippen LogP contribution >= 0.6 is 0 Å². The molecule has 1 aromatic carbocycles. The monoisotopic (exact) mass is 376 g/mol. The Kier molecular flexibility index (Phi) is 4.98. The van der Waals surface area contributed by atoms with Crippen LogP contribution < -0.4 is 4.72 Å². The first kappa shape index (κ1) is 18.0. The van der Waals surface area contributed by atoms with Crippen molar-refractivity contribution >= 4 is 27.0 Å². The Morgan fingerprint density at radius 3 is 2.88 bits per heavy atom. The van der Waals surface area contributed by atoms with Gasteiger partial charge in [-0.3, -0.25) is 0 Å². The first-order valence-corrected chi connectivity index (χ1v) is 9.07. The molecule has 0 fully saturated rings. The predicted molar refractivity (Wildman–Crippen MR) is 92.9 cm³/mol. The number of aromatic nitrogens is 3. The molecule has 9 nitrogen and oxygen atoms in total. The second kappa shape index (κ2) is 7.20. The highest BCUT2D eigenvalue weighted by atomic mass is 32.2. The Balaban J connectivity index is 2.12. The first-order chi connectivity index (χ1) is 12.4. The van der Waals surface area contributed by atoms with Gasteiger partial charge in [0.1, 0.15) is 0 Å². The molecule has 2 aromatic heterocycles. The molecule has 10 heteroatoms. The zero-order valence-electron chi connectivity index (χ0n) is 13.8. The van der Waals surface area contributed by atoms with E-state index in [1.54, 1.807) is 24.5 Å². The molecule has 0 bridgehead atoms. The van der Waals surface area contributed by atoms with Crippen molar-refractivity contribution in [3.63, 3.8) is 0 Å². The topological polar surface area (TPSA) is 123 Å². The van der Waals surface area contributed by atoms with Crippen LogP contribution in [-0.4, -0.2) is 54.5 Å². The van der Waals surface area contributed by atoms with Crippen molar-refractivity contribution in [3.8, 4) is 5.69 Å². The molecule has 0 spiro atoms. The van der Waals surface area contributed by atoms with Crippen molar-refractivity contribution in [2.24, 2.45) is 0 Å². The van der Waals surface area contributed by atoms with Gasteiger partial charge in [-0.1, -0.05) is 0 Å². The van der Waals surface area contributed by atoms with E-state index in [-0.39, 0.29) is 29.3 Å². The molecule has 0 aliphatic heterocycles. The number of pyridine rings is 1. The van der Waals surface area contributed by atoms with Crippen LogP contribution in [0.2, 0.25) is 0 Å². The number of ether oxygens (including phenoxy) is 1. The third kappa shape index (κ3) is 3.57. The van der Waals surface area contributed by atoms with E-state index >= 15 is 0 Å². The van der Waals surface area contributed by atoms with E-state index in [0.717, 1.165) is 11.5 Å². The van der Waals surface area contributed by atoms with Gasteiger partial charge < -0.3 is 9.84 Å².